The lowest BCUT2D eigenvalue weighted by molar-refractivity contribution is -0.126. The van der Waals surface area contributed by atoms with E-state index in [1.54, 1.807) is 6.33 Å². The van der Waals surface area contributed by atoms with E-state index in [2.05, 4.69) is 10.3 Å². The van der Waals surface area contributed by atoms with Crippen molar-refractivity contribution < 1.29 is 9.90 Å². The molecule has 1 amide bonds. The van der Waals surface area contributed by atoms with Crippen molar-refractivity contribution in [2.24, 2.45) is 5.92 Å². The molecule has 1 aliphatic carbocycles. The Labute approximate surface area is 136 Å². The largest absolute Gasteiger partial charge is 0.383 e. The van der Waals surface area contributed by atoms with Crippen molar-refractivity contribution >= 4 is 11.6 Å². The number of nitrogens with zero attached hydrogens (tertiary/aromatic N) is 2. The molecule has 0 radical (unpaired) electrons. The van der Waals surface area contributed by atoms with Crippen molar-refractivity contribution in [2.45, 2.75) is 45.6 Å². The molecule has 1 saturated carbocycles. The molecular weight excluding hydrogens is 290 g/mol. The van der Waals surface area contributed by atoms with Crippen molar-refractivity contribution in [1.82, 2.24) is 9.55 Å². The van der Waals surface area contributed by atoms with Gasteiger partial charge in [0.15, 0.2) is 0 Å². The summed E-state index contributed by atoms with van der Waals surface area (Å²) in [6.45, 7) is 4.00. The molecule has 1 aliphatic rings. The first kappa shape index (κ1) is 15.7. The molecule has 1 aromatic carbocycles. The minimum atomic E-state index is -0.907. The van der Waals surface area contributed by atoms with Gasteiger partial charge >= 0.3 is 0 Å². The zero-order valence-corrected chi connectivity index (χ0v) is 13.6. The normalized spacial score (nSPS) is 16.5. The number of aryl methyl sites for hydroxylation is 1. The highest BCUT2D eigenvalue weighted by molar-refractivity contribution is 5.94. The van der Waals surface area contributed by atoms with Crippen LogP contribution in [-0.2, 0) is 4.79 Å². The van der Waals surface area contributed by atoms with Gasteiger partial charge in [0.05, 0.1) is 12.0 Å². The fourth-order valence-electron chi connectivity index (χ4n) is 3.17. The first-order valence-corrected chi connectivity index (χ1v) is 8.16. The molecule has 0 aliphatic heterocycles. The van der Waals surface area contributed by atoms with Gasteiger partial charge in [-0.3, -0.25) is 4.79 Å². The molecular formula is C18H23N3O2. The predicted molar refractivity (Wildman–Crippen MR) is 89.6 cm³/mol. The van der Waals surface area contributed by atoms with E-state index in [1.165, 1.54) is 0 Å². The lowest BCUT2D eigenvalue weighted by Crippen LogP contribution is -2.33. The first-order valence-electron chi connectivity index (χ1n) is 8.16. The summed E-state index contributed by atoms with van der Waals surface area (Å²) in [6.07, 6.45) is 4.97. The molecule has 2 aromatic rings. The van der Waals surface area contributed by atoms with Gasteiger partial charge in [0.25, 0.3) is 5.91 Å². The van der Waals surface area contributed by atoms with E-state index in [0.29, 0.717) is 5.69 Å². The van der Waals surface area contributed by atoms with Crippen LogP contribution in [0.4, 0.5) is 5.69 Å². The maximum absolute atomic E-state index is 12.1. The summed E-state index contributed by atoms with van der Waals surface area (Å²) in [5, 5.41) is 12.9. The molecule has 1 atom stereocenters. The highest BCUT2D eigenvalue weighted by Gasteiger charge is 2.28. The van der Waals surface area contributed by atoms with Gasteiger partial charge in [-0.05, 0) is 56.9 Å². The number of anilines is 1. The highest BCUT2D eigenvalue weighted by Crippen LogP contribution is 2.28. The molecule has 0 saturated heterocycles. The number of aromatic nitrogens is 2. The van der Waals surface area contributed by atoms with Crippen LogP contribution < -0.4 is 5.32 Å². The Kier molecular flexibility index (Phi) is 4.48. The topological polar surface area (TPSA) is 67.2 Å². The highest BCUT2D eigenvalue weighted by atomic mass is 16.3. The summed E-state index contributed by atoms with van der Waals surface area (Å²) in [7, 11) is 0. The smallest absolute Gasteiger partial charge is 0.253 e. The summed E-state index contributed by atoms with van der Waals surface area (Å²) < 4.78 is 2.01. The molecule has 1 heterocycles. The van der Waals surface area contributed by atoms with E-state index in [1.807, 2.05) is 42.7 Å². The van der Waals surface area contributed by atoms with E-state index in [-0.39, 0.29) is 11.8 Å². The van der Waals surface area contributed by atoms with Gasteiger partial charge in [0, 0.05) is 17.1 Å². The second-order valence-electron chi connectivity index (χ2n) is 6.31. The summed E-state index contributed by atoms with van der Waals surface area (Å²) in [5.74, 6) is -0.204. The Morgan fingerprint density at radius 1 is 1.26 bits per heavy atom. The zero-order valence-electron chi connectivity index (χ0n) is 13.6. The third-order valence-corrected chi connectivity index (χ3v) is 4.78. The number of hydrogen-bond acceptors (Lipinski definition) is 3. The molecule has 5 nitrogen and oxygen atoms in total. The molecule has 0 spiro atoms. The molecule has 3 rings (SSSR count). The minimum Gasteiger partial charge on any atom is -0.383 e. The Balaban J connectivity index is 1.67. The van der Waals surface area contributed by atoms with Crippen LogP contribution in [0.15, 0.2) is 30.6 Å². The van der Waals surface area contributed by atoms with Gasteiger partial charge in [0.1, 0.15) is 6.10 Å². The maximum Gasteiger partial charge on any atom is 0.253 e. The quantitative estimate of drug-likeness (QED) is 0.912. The lowest BCUT2D eigenvalue weighted by Gasteiger charge is -2.17. The number of carbonyl (C=O) groups excluding carboxylic acids is 1. The number of amides is 1. The molecule has 0 unspecified atom stereocenters. The SMILES string of the molecule is Cc1ncn(-c2ccc(NC(=O)[C@H](O)C3CCCC3)cc2)c1C. The number of rotatable bonds is 4. The van der Waals surface area contributed by atoms with Gasteiger partial charge in [-0.2, -0.15) is 0 Å². The summed E-state index contributed by atoms with van der Waals surface area (Å²) in [5.41, 5.74) is 3.79. The standard InChI is InChI=1S/C18H23N3O2/c1-12-13(2)21(11-19-12)16-9-7-15(8-10-16)20-18(23)17(22)14-5-3-4-6-14/h7-11,14,17,22H,3-6H2,1-2H3,(H,20,23)/t17-/m1/s1. The molecule has 2 N–H and O–H groups in total. The number of hydrogen-bond donors (Lipinski definition) is 2. The average molecular weight is 313 g/mol. The van der Waals surface area contributed by atoms with Crippen LogP contribution in [0.25, 0.3) is 5.69 Å². The third kappa shape index (κ3) is 3.29. The molecule has 122 valence electrons. The molecule has 1 aromatic heterocycles. The number of imidazole rings is 1. The van der Waals surface area contributed by atoms with Crippen molar-refractivity contribution in [3.05, 3.63) is 42.0 Å². The second kappa shape index (κ2) is 6.54. The van der Waals surface area contributed by atoms with Crippen LogP contribution in [0.1, 0.15) is 37.1 Å². The Morgan fingerprint density at radius 2 is 1.91 bits per heavy atom. The summed E-state index contributed by atoms with van der Waals surface area (Å²) in [4.78, 5) is 16.4. The van der Waals surface area contributed by atoms with Gasteiger partial charge in [-0.15, -0.1) is 0 Å². The maximum atomic E-state index is 12.1. The fourth-order valence-corrected chi connectivity index (χ4v) is 3.17. The van der Waals surface area contributed by atoms with Crippen molar-refractivity contribution in [3.8, 4) is 5.69 Å². The van der Waals surface area contributed by atoms with Gasteiger partial charge in [-0.25, -0.2) is 4.98 Å². The van der Waals surface area contributed by atoms with E-state index >= 15 is 0 Å². The van der Waals surface area contributed by atoms with Gasteiger partial charge < -0.3 is 15.0 Å². The number of benzene rings is 1. The second-order valence-corrected chi connectivity index (χ2v) is 6.31. The number of aliphatic hydroxyl groups excluding tert-OH is 1. The minimum absolute atomic E-state index is 0.103. The van der Waals surface area contributed by atoms with E-state index in [9.17, 15) is 9.90 Å². The molecule has 5 heteroatoms. The van der Waals surface area contributed by atoms with Crippen LogP contribution in [-0.4, -0.2) is 26.7 Å². The predicted octanol–water partition coefficient (Wildman–Crippen LogP) is 2.98. The van der Waals surface area contributed by atoms with Gasteiger partial charge in [0.2, 0.25) is 0 Å². The average Bonchev–Trinajstić information content (AvgIpc) is 3.19. The number of nitrogens with one attached hydrogen (secondary N) is 1. The monoisotopic (exact) mass is 313 g/mol. The number of aliphatic hydroxyl groups is 1. The molecule has 0 bridgehead atoms. The fraction of sp³-hybridized carbons (Fsp3) is 0.444. The van der Waals surface area contributed by atoms with Crippen molar-refractivity contribution in [3.63, 3.8) is 0 Å². The third-order valence-electron chi connectivity index (χ3n) is 4.78. The van der Waals surface area contributed by atoms with Crippen LogP contribution in [0.5, 0.6) is 0 Å². The van der Waals surface area contributed by atoms with E-state index in [4.69, 9.17) is 0 Å². The first-order chi connectivity index (χ1) is 11.1. The lowest BCUT2D eigenvalue weighted by atomic mass is 10.0. The zero-order chi connectivity index (χ0) is 16.4. The van der Waals surface area contributed by atoms with E-state index in [0.717, 1.165) is 42.8 Å². The van der Waals surface area contributed by atoms with E-state index < -0.39 is 6.10 Å². The summed E-state index contributed by atoms with van der Waals surface area (Å²) in [6, 6.07) is 7.57. The van der Waals surface area contributed by atoms with Crippen molar-refractivity contribution in [2.75, 3.05) is 5.32 Å². The van der Waals surface area contributed by atoms with Crippen LogP contribution >= 0.6 is 0 Å². The van der Waals surface area contributed by atoms with Crippen LogP contribution in [0.2, 0.25) is 0 Å². The van der Waals surface area contributed by atoms with Crippen LogP contribution in [0.3, 0.4) is 0 Å². The molecule has 1 fully saturated rings. The number of carbonyl (C=O) groups is 1. The summed E-state index contributed by atoms with van der Waals surface area (Å²) >= 11 is 0. The van der Waals surface area contributed by atoms with Gasteiger partial charge in [-0.1, -0.05) is 12.8 Å². The van der Waals surface area contributed by atoms with Crippen molar-refractivity contribution in [1.29, 1.82) is 0 Å². The Bertz CT molecular complexity index is 685. The Morgan fingerprint density at radius 3 is 2.48 bits per heavy atom. The Hall–Kier alpha value is -2.14. The van der Waals surface area contributed by atoms with Crippen LogP contribution in [0, 0.1) is 19.8 Å². The molecule has 23 heavy (non-hydrogen) atoms.